The lowest BCUT2D eigenvalue weighted by Gasteiger charge is -2.30. The molecule has 1 aromatic carbocycles. The van der Waals surface area contributed by atoms with Gasteiger partial charge in [-0.25, -0.2) is 4.98 Å². The van der Waals surface area contributed by atoms with E-state index in [2.05, 4.69) is 48.3 Å². The Morgan fingerprint density at radius 3 is 2.62 bits per heavy atom. The zero-order chi connectivity index (χ0) is 18.3. The number of likely N-dealkylation sites (tertiary alicyclic amines) is 1. The summed E-state index contributed by atoms with van der Waals surface area (Å²) < 4.78 is 2.18. The number of aryl methyl sites for hydroxylation is 2. The van der Waals surface area contributed by atoms with Crippen LogP contribution in [0, 0.1) is 19.8 Å². The summed E-state index contributed by atoms with van der Waals surface area (Å²) >= 11 is 0. The van der Waals surface area contributed by atoms with Gasteiger partial charge < -0.3 is 10.1 Å². The first-order valence-electron chi connectivity index (χ1n) is 9.57. The fourth-order valence-corrected chi connectivity index (χ4v) is 3.99. The molecule has 3 heterocycles. The minimum absolute atomic E-state index is 0.774. The van der Waals surface area contributed by atoms with Gasteiger partial charge in [-0.2, -0.15) is 0 Å². The molecule has 3 aromatic rings. The van der Waals surface area contributed by atoms with Crippen molar-refractivity contribution in [1.29, 1.82) is 0 Å². The van der Waals surface area contributed by atoms with E-state index in [9.17, 15) is 0 Å². The molecule has 0 unspecified atom stereocenters. The Labute approximate surface area is 155 Å². The van der Waals surface area contributed by atoms with Gasteiger partial charge in [-0.3, -0.25) is 4.90 Å². The summed E-state index contributed by atoms with van der Waals surface area (Å²) in [6, 6.07) is 10.6. The lowest BCUT2D eigenvalue weighted by Crippen LogP contribution is -2.32. The Balaban J connectivity index is 1.81. The Morgan fingerprint density at radius 1 is 1.12 bits per heavy atom. The lowest BCUT2D eigenvalue weighted by atomic mass is 9.98. The number of rotatable bonds is 3. The fourth-order valence-electron chi connectivity index (χ4n) is 3.99. The third-order valence-corrected chi connectivity index (χ3v) is 5.63. The maximum absolute atomic E-state index is 6.08. The van der Waals surface area contributed by atoms with Gasteiger partial charge in [-0.1, -0.05) is 30.7 Å². The summed E-state index contributed by atoms with van der Waals surface area (Å²) in [4.78, 5) is 7.53. The molecule has 1 saturated heterocycles. The number of imidazole rings is 1. The van der Waals surface area contributed by atoms with Crippen LogP contribution in [0.4, 0.5) is 5.69 Å². The van der Waals surface area contributed by atoms with E-state index in [1.807, 2.05) is 18.3 Å². The number of fused-ring (bicyclic) bond motifs is 1. The molecule has 0 aliphatic carbocycles. The van der Waals surface area contributed by atoms with Gasteiger partial charge in [0.05, 0.1) is 11.4 Å². The molecule has 1 fully saturated rings. The van der Waals surface area contributed by atoms with Crippen molar-refractivity contribution >= 4 is 11.3 Å². The Bertz CT molecular complexity index is 933. The van der Waals surface area contributed by atoms with Gasteiger partial charge in [0.25, 0.3) is 0 Å². The number of anilines is 1. The summed E-state index contributed by atoms with van der Waals surface area (Å²) in [5.74, 6) is 0.836. The van der Waals surface area contributed by atoms with Crippen molar-refractivity contribution < 1.29 is 0 Å². The van der Waals surface area contributed by atoms with Crippen LogP contribution in [0.5, 0.6) is 0 Å². The molecule has 4 nitrogen and oxygen atoms in total. The van der Waals surface area contributed by atoms with Crippen LogP contribution in [-0.4, -0.2) is 27.4 Å². The van der Waals surface area contributed by atoms with Gasteiger partial charge in [0.1, 0.15) is 5.65 Å². The molecule has 2 aromatic heterocycles. The van der Waals surface area contributed by atoms with E-state index in [0.29, 0.717) is 0 Å². The topological polar surface area (TPSA) is 46.6 Å². The average Bonchev–Trinajstić information content (AvgIpc) is 2.94. The molecule has 0 bridgehead atoms. The van der Waals surface area contributed by atoms with Gasteiger partial charge in [0, 0.05) is 24.0 Å². The van der Waals surface area contributed by atoms with Crippen molar-refractivity contribution in [2.75, 3.05) is 18.8 Å². The van der Waals surface area contributed by atoms with E-state index in [4.69, 9.17) is 10.7 Å². The zero-order valence-corrected chi connectivity index (χ0v) is 16.0. The molecule has 0 saturated carbocycles. The highest BCUT2D eigenvalue weighted by atomic mass is 15.2. The van der Waals surface area contributed by atoms with Crippen molar-refractivity contribution in [3.8, 4) is 11.3 Å². The first kappa shape index (κ1) is 17.1. The zero-order valence-electron chi connectivity index (χ0n) is 16.0. The lowest BCUT2D eigenvalue weighted by molar-refractivity contribution is 0.183. The van der Waals surface area contributed by atoms with E-state index in [1.165, 1.54) is 35.2 Å². The summed E-state index contributed by atoms with van der Waals surface area (Å²) in [6.07, 6.45) is 4.56. The van der Waals surface area contributed by atoms with Gasteiger partial charge in [-0.05, 0) is 63.4 Å². The van der Waals surface area contributed by atoms with Gasteiger partial charge >= 0.3 is 0 Å². The molecule has 2 N–H and O–H groups in total. The molecule has 136 valence electrons. The molecule has 0 radical (unpaired) electrons. The van der Waals surface area contributed by atoms with Crippen LogP contribution in [0.2, 0.25) is 0 Å². The molecule has 26 heavy (non-hydrogen) atoms. The first-order valence-corrected chi connectivity index (χ1v) is 9.57. The second-order valence-corrected chi connectivity index (χ2v) is 7.87. The number of aromatic nitrogens is 2. The molecule has 0 amide bonds. The molecule has 1 aliphatic heterocycles. The predicted octanol–water partition coefficient (Wildman–Crippen LogP) is 4.43. The highest BCUT2D eigenvalue weighted by Gasteiger charge is 2.21. The van der Waals surface area contributed by atoms with E-state index in [1.54, 1.807) is 0 Å². The van der Waals surface area contributed by atoms with Gasteiger partial charge in [0.15, 0.2) is 0 Å². The van der Waals surface area contributed by atoms with Crippen LogP contribution in [0.3, 0.4) is 0 Å². The first-order chi connectivity index (χ1) is 12.5. The van der Waals surface area contributed by atoms with Crippen LogP contribution < -0.4 is 5.73 Å². The smallest absolute Gasteiger partial charge is 0.137 e. The van der Waals surface area contributed by atoms with Gasteiger partial charge in [-0.15, -0.1) is 0 Å². The SMILES string of the molecule is Cc1ccc(-c2nc3ccc(N)cn3c2CN2CCC(C)CC2)c(C)c1. The van der Waals surface area contributed by atoms with Crippen LogP contribution >= 0.6 is 0 Å². The number of nitrogens with zero attached hydrogens (tertiary/aromatic N) is 3. The van der Waals surface area contributed by atoms with Crippen molar-refractivity contribution in [2.24, 2.45) is 5.92 Å². The largest absolute Gasteiger partial charge is 0.398 e. The maximum atomic E-state index is 6.08. The van der Waals surface area contributed by atoms with Crippen molar-refractivity contribution in [1.82, 2.24) is 14.3 Å². The van der Waals surface area contributed by atoms with Crippen LogP contribution in [0.25, 0.3) is 16.9 Å². The van der Waals surface area contributed by atoms with Crippen LogP contribution in [0.1, 0.15) is 36.6 Å². The third kappa shape index (κ3) is 3.21. The molecular formula is C22H28N4. The number of hydrogen-bond acceptors (Lipinski definition) is 3. The molecule has 0 atom stereocenters. The Hall–Kier alpha value is -2.33. The highest BCUT2D eigenvalue weighted by molar-refractivity contribution is 5.70. The minimum atomic E-state index is 0.774. The monoisotopic (exact) mass is 348 g/mol. The normalized spacial score (nSPS) is 16.4. The van der Waals surface area contributed by atoms with Crippen molar-refractivity contribution in [3.05, 3.63) is 53.3 Å². The molecular weight excluding hydrogens is 320 g/mol. The third-order valence-electron chi connectivity index (χ3n) is 5.63. The Kier molecular flexibility index (Phi) is 4.45. The van der Waals surface area contributed by atoms with E-state index >= 15 is 0 Å². The van der Waals surface area contributed by atoms with Crippen LogP contribution in [0.15, 0.2) is 36.5 Å². The number of benzene rings is 1. The molecule has 0 spiro atoms. The second kappa shape index (κ2) is 6.76. The number of hydrogen-bond donors (Lipinski definition) is 1. The molecule has 4 rings (SSSR count). The quantitative estimate of drug-likeness (QED) is 0.761. The van der Waals surface area contributed by atoms with Crippen molar-refractivity contribution in [2.45, 2.75) is 40.2 Å². The van der Waals surface area contributed by atoms with E-state index in [-0.39, 0.29) is 0 Å². The number of piperidine rings is 1. The molecule has 4 heteroatoms. The summed E-state index contributed by atoms with van der Waals surface area (Å²) in [5.41, 5.74) is 13.9. The fraction of sp³-hybridized carbons (Fsp3) is 0.409. The van der Waals surface area contributed by atoms with E-state index < -0.39 is 0 Å². The van der Waals surface area contributed by atoms with Crippen LogP contribution in [-0.2, 0) is 6.54 Å². The highest BCUT2D eigenvalue weighted by Crippen LogP contribution is 2.30. The summed E-state index contributed by atoms with van der Waals surface area (Å²) in [7, 11) is 0. The number of pyridine rings is 1. The molecule has 1 aliphatic rings. The maximum Gasteiger partial charge on any atom is 0.137 e. The minimum Gasteiger partial charge on any atom is -0.398 e. The van der Waals surface area contributed by atoms with Crippen molar-refractivity contribution in [3.63, 3.8) is 0 Å². The summed E-state index contributed by atoms with van der Waals surface area (Å²) in [6.45, 7) is 9.89. The number of nitrogen functional groups attached to an aromatic ring is 1. The summed E-state index contributed by atoms with van der Waals surface area (Å²) in [5, 5.41) is 0. The standard InChI is InChI=1S/C22H28N4/c1-15-8-10-25(11-9-15)14-20-22(19-6-4-16(2)12-17(19)3)24-21-7-5-18(23)13-26(20)21/h4-7,12-13,15H,8-11,14,23H2,1-3H3. The van der Waals surface area contributed by atoms with E-state index in [0.717, 1.165) is 42.6 Å². The Morgan fingerprint density at radius 2 is 1.88 bits per heavy atom. The predicted molar refractivity (Wildman–Crippen MR) is 108 cm³/mol. The average molecular weight is 348 g/mol. The number of nitrogens with two attached hydrogens (primary N) is 1. The van der Waals surface area contributed by atoms with Gasteiger partial charge in [0.2, 0.25) is 0 Å². The second-order valence-electron chi connectivity index (χ2n) is 7.87.